The molecule has 39 heavy (non-hydrogen) atoms. The molecule has 4 aromatic carbocycles. The molecule has 0 N–H and O–H groups in total. The molecule has 1 aliphatic rings. The van der Waals surface area contributed by atoms with Crippen LogP contribution < -0.4 is 14.5 Å². The zero-order valence-corrected chi connectivity index (χ0v) is 20.7. The lowest BCUT2D eigenvalue weighted by Crippen LogP contribution is -2.21. The Hall–Kier alpha value is -5.57. The number of rotatable bonds is 7. The maximum Gasteiger partial charge on any atom is 0.343 e. The number of carbonyl (C=O) groups excluding carboxylic acids is 2. The highest BCUT2D eigenvalue weighted by atomic mass is 16.6. The molecule has 0 bridgehead atoms. The van der Waals surface area contributed by atoms with Crippen molar-refractivity contribution < 1.29 is 24.0 Å². The Morgan fingerprint density at radius 1 is 0.872 bits per heavy atom. The van der Waals surface area contributed by atoms with Crippen molar-refractivity contribution in [3.63, 3.8) is 0 Å². The molecule has 9 heteroatoms. The molecule has 0 fully saturated rings. The summed E-state index contributed by atoms with van der Waals surface area (Å²) in [5.74, 6) is 0.0980. The second-order valence-electron chi connectivity index (χ2n) is 8.45. The van der Waals surface area contributed by atoms with Gasteiger partial charge < -0.3 is 9.47 Å². The number of esters is 1. The van der Waals surface area contributed by atoms with Gasteiger partial charge in [0.1, 0.15) is 17.2 Å². The zero-order chi connectivity index (χ0) is 27.4. The number of hydrogen-bond donors (Lipinski definition) is 0. The standard InChI is InChI=1S/C30H21N3O6/c1-38-25-17-9-22(10-18-25)30(35)39-26-15-7-20(8-16-26)19-27-28(21-5-3-2-4-6-21)31-32(29(27)34)23-11-13-24(14-12-23)33(36)37/h2-19H,1H3/b27-19+. The summed E-state index contributed by atoms with van der Waals surface area (Å²) in [7, 11) is 1.55. The minimum absolute atomic E-state index is 0.0822. The summed E-state index contributed by atoms with van der Waals surface area (Å²) in [6.45, 7) is 0. The van der Waals surface area contributed by atoms with E-state index in [-0.39, 0.29) is 11.6 Å². The lowest BCUT2D eigenvalue weighted by Gasteiger charge is -2.11. The van der Waals surface area contributed by atoms with Crippen molar-refractivity contribution in [2.75, 3.05) is 12.1 Å². The fraction of sp³-hybridized carbons (Fsp3) is 0.0333. The summed E-state index contributed by atoms with van der Waals surface area (Å²) in [6.07, 6.45) is 1.70. The normalized spacial score (nSPS) is 13.8. The number of carbonyl (C=O) groups is 2. The van der Waals surface area contributed by atoms with Gasteiger partial charge in [-0.05, 0) is 60.2 Å². The van der Waals surface area contributed by atoms with Gasteiger partial charge in [0, 0.05) is 17.7 Å². The molecule has 1 amide bonds. The van der Waals surface area contributed by atoms with Crippen LogP contribution in [0.3, 0.4) is 0 Å². The van der Waals surface area contributed by atoms with Crippen molar-refractivity contribution in [3.8, 4) is 11.5 Å². The molecule has 192 valence electrons. The largest absolute Gasteiger partial charge is 0.497 e. The Labute approximate surface area is 223 Å². The van der Waals surface area contributed by atoms with Crippen molar-refractivity contribution in [2.45, 2.75) is 0 Å². The summed E-state index contributed by atoms with van der Waals surface area (Å²) in [4.78, 5) is 36.5. The Kier molecular flexibility index (Phi) is 6.96. The molecule has 0 radical (unpaired) electrons. The van der Waals surface area contributed by atoms with Crippen molar-refractivity contribution in [2.24, 2.45) is 5.10 Å². The number of nitro benzene ring substituents is 1. The molecule has 4 aromatic rings. The molecule has 0 aliphatic carbocycles. The molecule has 0 atom stereocenters. The van der Waals surface area contributed by atoms with E-state index in [1.54, 1.807) is 61.7 Å². The molecule has 0 aromatic heterocycles. The first-order chi connectivity index (χ1) is 18.9. The van der Waals surface area contributed by atoms with E-state index in [1.807, 2.05) is 30.3 Å². The molecule has 0 unspecified atom stereocenters. The number of anilines is 1. The van der Waals surface area contributed by atoms with E-state index in [4.69, 9.17) is 9.47 Å². The molecule has 9 nitrogen and oxygen atoms in total. The average Bonchev–Trinajstić information content (AvgIpc) is 3.30. The molecule has 0 saturated heterocycles. The first kappa shape index (κ1) is 25.1. The third-order valence-electron chi connectivity index (χ3n) is 5.96. The van der Waals surface area contributed by atoms with E-state index < -0.39 is 10.9 Å². The lowest BCUT2D eigenvalue weighted by molar-refractivity contribution is -0.384. The molecular weight excluding hydrogens is 498 g/mol. The fourth-order valence-corrected chi connectivity index (χ4v) is 3.94. The van der Waals surface area contributed by atoms with E-state index in [9.17, 15) is 19.7 Å². The number of ether oxygens (including phenoxy) is 2. The van der Waals surface area contributed by atoms with Crippen molar-refractivity contribution in [1.29, 1.82) is 0 Å². The fourth-order valence-electron chi connectivity index (χ4n) is 3.94. The minimum Gasteiger partial charge on any atom is -0.497 e. The maximum absolute atomic E-state index is 13.5. The van der Waals surface area contributed by atoms with Crippen LogP contribution in [0.4, 0.5) is 11.4 Å². The lowest BCUT2D eigenvalue weighted by atomic mass is 10.0. The van der Waals surface area contributed by atoms with E-state index in [0.29, 0.717) is 39.6 Å². The number of hydrogen-bond acceptors (Lipinski definition) is 7. The quantitative estimate of drug-likeness (QED) is 0.102. The predicted octanol–water partition coefficient (Wildman–Crippen LogP) is 5.66. The third kappa shape index (κ3) is 5.42. The molecule has 1 heterocycles. The number of non-ortho nitro benzene ring substituents is 1. The van der Waals surface area contributed by atoms with Crippen LogP contribution in [0.25, 0.3) is 6.08 Å². The predicted molar refractivity (Wildman–Crippen MR) is 146 cm³/mol. The highest BCUT2D eigenvalue weighted by molar-refractivity contribution is 6.37. The van der Waals surface area contributed by atoms with Gasteiger partial charge in [0.2, 0.25) is 0 Å². The van der Waals surface area contributed by atoms with Crippen LogP contribution in [0.15, 0.2) is 114 Å². The van der Waals surface area contributed by atoms with Gasteiger partial charge in [-0.25, -0.2) is 4.79 Å². The number of nitrogens with zero attached hydrogens (tertiary/aromatic N) is 3. The summed E-state index contributed by atoms with van der Waals surface area (Å²) in [6, 6.07) is 28.2. The summed E-state index contributed by atoms with van der Waals surface area (Å²) < 4.78 is 10.6. The molecular formula is C30H21N3O6. The van der Waals surface area contributed by atoms with Gasteiger partial charge in [-0.2, -0.15) is 10.1 Å². The van der Waals surface area contributed by atoms with Gasteiger partial charge in [-0.1, -0.05) is 42.5 Å². The Morgan fingerprint density at radius 2 is 1.51 bits per heavy atom. The van der Waals surface area contributed by atoms with Crippen molar-refractivity contribution >= 4 is 35.0 Å². The van der Waals surface area contributed by atoms with E-state index in [0.717, 1.165) is 5.56 Å². The van der Waals surface area contributed by atoms with E-state index in [1.165, 1.54) is 29.3 Å². The van der Waals surface area contributed by atoms with Crippen LogP contribution in [0.1, 0.15) is 21.5 Å². The molecule has 1 aliphatic heterocycles. The second-order valence-corrected chi connectivity index (χ2v) is 8.45. The maximum atomic E-state index is 13.5. The van der Waals surface area contributed by atoms with Gasteiger partial charge in [-0.3, -0.25) is 14.9 Å². The summed E-state index contributed by atoms with van der Waals surface area (Å²) in [5.41, 5.74) is 2.96. The number of amides is 1. The Morgan fingerprint density at radius 3 is 2.13 bits per heavy atom. The molecule has 0 spiro atoms. The van der Waals surface area contributed by atoms with Gasteiger partial charge in [0.15, 0.2) is 0 Å². The highest BCUT2D eigenvalue weighted by Crippen LogP contribution is 2.29. The summed E-state index contributed by atoms with van der Waals surface area (Å²) >= 11 is 0. The van der Waals surface area contributed by atoms with Crippen LogP contribution >= 0.6 is 0 Å². The van der Waals surface area contributed by atoms with Gasteiger partial charge >= 0.3 is 5.97 Å². The van der Waals surface area contributed by atoms with E-state index >= 15 is 0 Å². The van der Waals surface area contributed by atoms with Crippen LogP contribution in [0, 0.1) is 10.1 Å². The first-order valence-corrected chi connectivity index (χ1v) is 11.8. The van der Waals surface area contributed by atoms with E-state index in [2.05, 4.69) is 5.10 Å². The Balaban J connectivity index is 1.40. The topological polar surface area (TPSA) is 111 Å². The zero-order valence-electron chi connectivity index (χ0n) is 20.7. The molecule has 5 rings (SSSR count). The highest BCUT2D eigenvalue weighted by Gasteiger charge is 2.32. The van der Waals surface area contributed by atoms with Gasteiger partial charge in [0.05, 0.1) is 28.9 Å². The second kappa shape index (κ2) is 10.8. The minimum atomic E-state index is -0.507. The number of methoxy groups -OCH3 is 1. The smallest absolute Gasteiger partial charge is 0.343 e. The van der Waals surface area contributed by atoms with Crippen LogP contribution in [-0.4, -0.2) is 29.6 Å². The molecule has 0 saturated carbocycles. The average molecular weight is 520 g/mol. The van der Waals surface area contributed by atoms with Gasteiger partial charge in [-0.15, -0.1) is 0 Å². The van der Waals surface area contributed by atoms with Crippen LogP contribution in [0.5, 0.6) is 11.5 Å². The monoisotopic (exact) mass is 519 g/mol. The van der Waals surface area contributed by atoms with Crippen molar-refractivity contribution in [1.82, 2.24) is 0 Å². The SMILES string of the molecule is COc1ccc(C(=O)Oc2ccc(/C=C3/C(=O)N(c4ccc([N+](=O)[O-])cc4)N=C3c3ccccc3)cc2)cc1. The number of benzene rings is 4. The number of nitro groups is 1. The Bertz CT molecular complexity index is 1590. The summed E-state index contributed by atoms with van der Waals surface area (Å²) in [5, 5.41) is 16.8. The van der Waals surface area contributed by atoms with Gasteiger partial charge in [0.25, 0.3) is 11.6 Å². The van der Waals surface area contributed by atoms with Crippen molar-refractivity contribution in [3.05, 3.63) is 136 Å². The number of hydrazone groups is 1. The van der Waals surface area contributed by atoms with Crippen LogP contribution in [0.2, 0.25) is 0 Å². The van der Waals surface area contributed by atoms with Crippen LogP contribution in [-0.2, 0) is 4.79 Å². The third-order valence-corrected chi connectivity index (χ3v) is 5.96. The first-order valence-electron chi connectivity index (χ1n) is 11.8.